The van der Waals surface area contributed by atoms with Gasteiger partial charge in [-0.1, -0.05) is 13.0 Å². The highest BCUT2D eigenvalue weighted by Gasteiger charge is 2.19. The van der Waals surface area contributed by atoms with Crippen LogP contribution in [0.15, 0.2) is 21.7 Å². The number of sulfonamides is 1. The molecular formula is C12H20N2O4S2. The molecule has 0 saturated heterocycles. The Balaban J connectivity index is 2.33. The van der Waals surface area contributed by atoms with Crippen molar-refractivity contribution in [1.29, 1.82) is 0 Å². The van der Waals surface area contributed by atoms with E-state index >= 15 is 0 Å². The van der Waals surface area contributed by atoms with Gasteiger partial charge in [0.05, 0.1) is 5.60 Å². The van der Waals surface area contributed by atoms with Crippen LogP contribution in [0.5, 0.6) is 0 Å². The summed E-state index contributed by atoms with van der Waals surface area (Å²) in [7, 11) is -3.52. The molecule has 1 unspecified atom stereocenters. The Hall–Kier alpha value is -0.960. The third kappa shape index (κ3) is 5.58. The Kier molecular flexibility index (Phi) is 6.12. The van der Waals surface area contributed by atoms with Crippen molar-refractivity contribution in [2.24, 2.45) is 0 Å². The second-order valence-electron chi connectivity index (χ2n) is 4.71. The van der Waals surface area contributed by atoms with Crippen LogP contribution in [0.4, 0.5) is 0 Å². The molecule has 0 aliphatic heterocycles. The molecule has 8 heteroatoms. The van der Waals surface area contributed by atoms with Gasteiger partial charge in [0, 0.05) is 19.5 Å². The van der Waals surface area contributed by atoms with E-state index in [2.05, 4.69) is 10.0 Å². The third-order valence-electron chi connectivity index (χ3n) is 2.83. The summed E-state index contributed by atoms with van der Waals surface area (Å²) in [4.78, 5) is 11.5. The molecule has 1 aromatic heterocycles. The summed E-state index contributed by atoms with van der Waals surface area (Å²) in [6, 6.07) is 3.16. The Morgan fingerprint density at radius 3 is 2.75 bits per heavy atom. The summed E-state index contributed by atoms with van der Waals surface area (Å²) >= 11 is 1.12. The zero-order valence-corrected chi connectivity index (χ0v) is 13.2. The highest BCUT2D eigenvalue weighted by Crippen LogP contribution is 2.14. The molecule has 3 N–H and O–H groups in total. The fraction of sp³-hybridized carbons (Fsp3) is 0.583. The monoisotopic (exact) mass is 320 g/mol. The Bertz CT molecular complexity index is 524. The summed E-state index contributed by atoms with van der Waals surface area (Å²) in [5, 5.41) is 14.0. The molecule has 1 heterocycles. The Morgan fingerprint density at radius 1 is 1.50 bits per heavy atom. The van der Waals surface area contributed by atoms with Crippen molar-refractivity contribution in [1.82, 2.24) is 10.0 Å². The smallest absolute Gasteiger partial charge is 0.250 e. The summed E-state index contributed by atoms with van der Waals surface area (Å²) < 4.78 is 26.1. The zero-order chi connectivity index (χ0) is 15.2. The zero-order valence-electron chi connectivity index (χ0n) is 11.5. The van der Waals surface area contributed by atoms with E-state index in [1.165, 1.54) is 6.07 Å². The number of rotatable bonds is 8. The van der Waals surface area contributed by atoms with E-state index in [1.807, 2.05) is 6.92 Å². The lowest BCUT2D eigenvalue weighted by Crippen LogP contribution is -2.41. The molecule has 0 aromatic carbocycles. The highest BCUT2D eigenvalue weighted by atomic mass is 32.2. The van der Waals surface area contributed by atoms with Crippen LogP contribution >= 0.6 is 11.3 Å². The SMILES string of the molecule is CCC(C)(O)CNC(=O)CCNS(=O)(=O)c1cccs1. The van der Waals surface area contributed by atoms with Crippen molar-refractivity contribution in [3.63, 3.8) is 0 Å². The van der Waals surface area contributed by atoms with Crippen LogP contribution in [0.25, 0.3) is 0 Å². The first-order valence-corrected chi connectivity index (χ1v) is 8.65. The van der Waals surface area contributed by atoms with E-state index in [0.717, 1.165) is 11.3 Å². The molecule has 0 fully saturated rings. The minimum atomic E-state index is -3.52. The molecule has 1 atom stereocenters. The van der Waals surface area contributed by atoms with Gasteiger partial charge in [0.15, 0.2) is 0 Å². The van der Waals surface area contributed by atoms with Gasteiger partial charge in [-0.05, 0) is 24.8 Å². The van der Waals surface area contributed by atoms with Gasteiger partial charge >= 0.3 is 0 Å². The fourth-order valence-corrected chi connectivity index (χ4v) is 3.36. The molecule has 0 radical (unpaired) electrons. The van der Waals surface area contributed by atoms with E-state index in [9.17, 15) is 18.3 Å². The third-order valence-corrected chi connectivity index (χ3v) is 5.69. The van der Waals surface area contributed by atoms with E-state index < -0.39 is 15.6 Å². The molecule has 0 aliphatic rings. The molecule has 0 bridgehead atoms. The van der Waals surface area contributed by atoms with E-state index in [0.29, 0.717) is 6.42 Å². The largest absolute Gasteiger partial charge is 0.388 e. The summed E-state index contributed by atoms with van der Waals surface area (Å²) in [5.41, 5.74) is -0.938. The van der Waals surface area contributed by atoms with Crippen molar-refractivity contribution in [3.8, 4) is 0 Å². The number of nitrogens with one attached hydrogen (secondary N) is 2. The molecule has 20 heavy (non-hydrogen) atoms. The fourth-order valence-electron chi connectivity index (χ4n) is 1.29. The normalized spacial score (nSPS) is 14.8. The maximum absolute atomic E-state index is 11.8. The summed E-state index contributed by atoms with van der Waals surface area (Å²) in [5.74, 6) is -0.299. The molecule has 1 rings (SSSR count). The first kappa shape index (κ1) is 17.1. The van der Waals surface area contributed by atoms with Crippen LogP contribution in [0.3, 0.4) is 0 Å². The maximum atomic E-state index is 11.8. The molecule has 0 saturated carbocycles. The summed E-state index contributed by atoms with van der Waals surface area (Å²) in [6.45, 7) is 3.63. The van der Waals surface area contributed by atoms with Crippen molar-refractivity contribution >= 4 is 27.3 Å². The average Bonchev–Trinajstić information content (AvgIpc) is 2.91. The summed E-state index contributed by atoms with van der Waals surface area (Å²) in [6.07, 6.45) is 0.558. The predicted octanol–water partition coefficient (Wildman–Crippen LogP) is 0.694. The lowest BCUT2D eigenvalue weighted by atomic mass is 10.0. The molecular weight excluding hydrogens is 300 g/mol. The number of thiophene rings is 1. The van der Waals surface area contributed by atoms with E-state index in [4.69, 9.17) is 0 Å². The van der Waals surface area contributed by atoms with Gasteiger partial charge in [-0.25, -0.2) is 13.1 Å². The molecule has 6 nitrogen and oxygen atoms in total. The number of hydrogen-bond donors (Lipinski definition) is 3. The van der Waals surface area contributed by atoms with Crippen molar-refractivity contribution in [3.05, 3.63) is 17.5 Å². The second kappa shape index (κ2) is 7.16. The van der Waals surface area contributed by atoms with Gasteiger partial charge in [0.2, 0.25) is 15.9 Å². The van der Waals surface area contributed by atoms with E-state index in [-0.39, 0.29) is 29.6 Å². The maximum Gasteiger partial charge on any atom is 0.250 e. The van der Waals surface area contributed by atoms with Crippen molar-refractivity contribution in [2.75, 3.05) is 13.1 Å². The lowest BCUT2D eigenvalue weighted by Gasteiger charge is -2.21. The van der Waals surface area contributed by atoms with Gasteiger partial charge in [0.1, 0.15) is 4.21 Å². The number of hydrogen-bond acceptors (Lipinski definition) is 5. The number of carbonyl (C=O) groups is 1. The van der Waals surface area contributed by atoms with Crippen LogP contribution < -0.4 is 10.0 Å². The number of carbonyl (C=O) groups excluding carboxylic acids is 1. The van der Waals surface area contributed by atoms with Gasteiger partial charge in [-0.15, -0.1) is 11.3 Å². The van der Waals surface area contributed by atoms with Crippen LogP contribution in [0, 0.1) is 0 Å². The van der Waals surface area contributed by atoms with Crippen LogP contribution in [0.2, 0.25) is 0 Å². The lowest BCUT2D eigenvalue weighted by molar-refractivity contribution is -0.122. The van der Waals surface area contributed by atoms with Crippen molar-refractivity contribution < 1.29 is 18.3 Å². The number of amides is 1. The minimum Gasteiger partial charge on any atom is -0.388 e. The standard InChI is InChI=1S/C12H20N2O4S2/c1-3-12(2,16)9-13-10(15)6-7-14-20(17,18)11-5-4-8-19-11/h4-5,8,14,16H,3,6-7,9H2,1-2H3,(H,13,15). The Labute approximate surface area is 123 Å². The molecule has 114 valence electrons. The van der Waals surface area contributed by atoms with Crippen LogP contribution in [-0.2, 0) is 14.8 Å². The highest BCUT2D eigenvalue weighted by molar-refractivity contribution is 7.91. The molecule has 0 spiro atoms. The van der Waals surface area contributed by atoms with Gasteiger partial charge in [0.25, 0.3) is 0 Å². The number of aliphatic hydroxyl groups is 1. The average molecular weight is 320 g/mol. The quantitative estimate of drug-likeness (QED) is 0.657. The van der Waals surface area contributed by atoms with Crippen LogP contribution in [-0.4, -0.2) is 38.1 Å². The minimum absolute atomic E-state index is 0.0281. The van der Waals surface area contributed by atoms with Gasteiger partial charge < -0.3 is 10.4 Å². The van der Waals surface area contributed by atoms with Gasteiger partial charge in [-0.3, -0.25) is 4.79 Å². The molecule has 1 amide bonds. The van der Waals surface area contributed by atoms with Crippen LogP contribution in [0.1, 0.15) is 26.7 Å². The van der Waals surface area contributed by atoms with Crippen molar-refractivity contribution in [2.45, 2.75) is 36.5 Å². The first-order valence-electron chi connectivity index (χ1n) is 6.29. The van der Waals surface area contributed by atoms with E-state index in [1.54, 1.807) is 18.4 Å². The molecule has 1 aromatic rings. The second-order valence-corrected chi connectivity index (χ2v) is 7.65. The Morgan fingerprint density at radius 2 is 2.20 bits per heavy atom. The first-order chi connectivity index (χ1) is 9.27. The topological polar surface area (TPSA) is 95.5 Å². The predicted molar refractivity (Wildman–Crippen MR) is 78.0 cm³/mol. The molecule has 0 aliphatic carbocycles. The van der Waals surface area contributed by atoms with Gasteiger partial charge in [-0.2, -0.15) is 0 Å².